The number of carbonyl (C=O) groups is 1. The number of para-hydroxylation sites is 1. The Morgan fingerprint density at radius 2 is 1.81 bits per heavy atom. The Kier molecular flexibility index (Phi) is 4.89. The number of rotatable bonds is 3. The molecule has 0 radical (unpaired) electrons. The molecule has 3 heterocycles. The number of hydrogen-bond donors (Lipinski definition) is 1. The van der Waals surface area contributed by atoms with Gasteiger partial charge >= 0.3 is 6.03 Å². The quantitative estimate of drug-likeness (QED) is 0.917. The molecule has 0 aliphatic carbocycles. The van der Waals surface area contributed by atoms with Gasteiger partial charge in [0.05, 0.1) is 5.69 Å². The molecule has 4 rings (SSSR count). The average Bonchev–Trinajstić information content (AvgIpc) is 3.05. The van der Waals surface area contributed by atoms with Crippen LogP contribution in [-0.4, -0.2) is 46.0 Å². The van der Waals surface area contributed by atoms with E-state index in [4.69, 9.17) is 0 Å². The van der Waals surface area contributed by atoms with E-state index in [9.17, 15) is 4.79 Å². The predicted octanol–water partition coefficient (Wildman–Crippen LogP) is 3.74. The molecular weight excluding hydrogens is 324 g/mol. The van der Waals surface area contributed by atoms with Crippen molar-refractivity contribution in [2.24, 2.45) is 0 Å². The summed E-state index contributed by atoms with van der Waals surface area (Å²) < 4.78 is 0. The zero-order chi connectivity index (χ0) is 17.8. The summed E-state index contributed by atoms with van der Waals surface area (Å²) in [6.45, 7) is 3.59. The van der Waals surface area contributed by atoms with Crippen molar-refractivity contribution < 1.29 is 4.79 Å². The molecule has 1 unspecified atom stereocenters. The highest BCUT2D eigenvalue weighted by molar-refractivity contribution is 5.89. The van der Waals surface area contributed by atoms with E-state index >= 15 is 0 Å². The number of piperidine rings is 1. The van der Waals surface area contributed by atoms with E-state index in [1.165, 1.54) is 6.42 Å². The van der Waals surface area contributed by atoms with E-state index < -0.39 is 0 Å². The van der Waals surface area contributed by atoms with Gasteiger partial charge in [-0.15, -0.1) is 0 Å². The summed E-state index contributed by atoms with van der Waals surface area (Å²) in [6, 6.07) is 15.8. The number of anilines is 1. The highest BCUT2D eigenvalue weighted by atomic mass is 16.2. The Labute approximate surface area is 155 Å². The lowest BCUT2D eigenvalue weighted by molar-refractivity contribution is 0.0526. The maximum absolute atomic E-state index is 12.8. The van der Waals surface area contributed by atoms with E-state index in [2.05, 4.69) is 21.3 Å². The van der Waals surface area contributed by atoms with Crippen LogP contribution in [0.2, 0.25) is 0 Å². The van der Waals surface area contributed by atoms with Crippen molar-refractivity contribution in [3.63, 3.8) is 0 Å². The lowest BCUT2D eigenvalue weighted by atomic mass is 9.86. The summed E-state index contributed by atoms with van der Waals surface area (Å²) in [4.78, 5) is 21.8. The SMILES string of the molecule is O=C(Nc1ccccc1)N1CCCC2(CCCN2Cc2ccccn2)C1. The molecule has 1 atom stereocenters. The molecule has 5 heteroatoms. The first-order valence-corrected chi connectivity index (χ1v) is 9.51. The highest BCUT2D eigenvalue weighted by Crippen LogP contribution is 2.38. The molecule has 0 saturated carbocycles. The van der Waals surface area contributed by atoms with E-state index in [1.807, 2.05) is 53.6 Å². The third-order valence-corrected chi connectivity index (χ3v) is 5.69. The molecule has 1 aromatic carbocycles. The average molecular weight is 350 g/mol. The van der Waals surface area contributed by atoms with Gasteiger partial charge < -0.3 is 10.2 Å². The van der Waals surface area contributed by atoms with E-state index in [-0.39, 0.29) is 11.6 Å². The summed E-state index contributed by atoms with van der Waals surface area (Å²) in [7, 11) is 0. The first-order chi connectivity index (χ1) is 12.8. The molecule has 2 amide bonds. The van der Waals surface area contributed by atoms with Crippen LogP contribution in [0.5, 0.6) is 0 Å². The highest BCUT2D eigenvalue weighted by Gasteiger charge is 2.44. The third-order valence-electron chi connectivity index (χ3n) is 5.69. The number of pyridine rings is 1. The molecule has 26 heavy (non-hydrogen) atoms. The van der Waals surface area contributed by atoms with Crippen molar-refractivity contribution in [1.29, 1.82) is 0 Å². The zero-order valence-electron chi connectivity index (χ0n) is 15.1. The van der Waals surface area contributed by atoms with Gasteiger partial charge in [0.1, 0.15) is 0 Å². The molecule has 1 aromatic heterocycles. The number of carbonyl (C=O) groups excluding carboxylic acids is 1. The predicted molar refractivity (Wildman–Crippen MR) is 103 cm³/mol. The largest absolute Gasteiger partial charge is 0.323 e. The first-order valence-electron chi connectivity index (χ1n) is 9.51. The van der Waals surface area contributed by atoms with Crippen LogP contribution in [0.1, 0.15) is 31.4 Å². The van der Waals surface area contributed by atoms with Crippen LogP contribution < -0.4 is 5.32 Å². The number of nitrogens with zero attached hydrogens (tertiary/aromatic N) is 3. The molecule has 2 aliphatic heterocycles. The molecule has 5 nitrogen and oxygen atoms in total. The fraction of sp³-hybridized carbons (Fsp3) is 0.429. The van der Waals surface area contributed by atoms with Crippen LogP contribution in [0, 0.1) is 0 Å². The van der Waals surface area contributed by atoms with Gasteiger partial charge in [-0.3, -0.25) is 9.88 Å². The van der Waals surface area contributed by atoms with Crippen molar-refractivity contribution in [2.45, 2.75) is 37.8 Å². The van der Waals surface area contributed by atoms with Crippen LogP contribution in [0.15, 0.2) is 54.7 Å². The summed E-state index contributed by atoms with van der Waals surface area (Å²) >= 11 is 0. The number of nitrogens with one attached hydrogen (secondary N) is 1. The Hall–Kier alpha value is -2.40. The van der Waals surface area contributed by atoms with Gasteiger partial charge in [0.25, 0.3) is 0 Å². The minimum absolute atomic E-state index is 0.0139. The van der Waals surface area contributed by atoms with E-state index in [0.29, 0.717) is 0 Å². The molecule has 2 aromatic rings. The second-order valence-electron chi connectivity index (χ2n) is 7.39. The molecule has 2 fully saturated rings. The van der Waals surface area contributed by atoms with Crippen molar-refractivity contribution >= 4 is 11.7 Å². The van der Waals surface area contributed by atoms with Crippen LogP contribution in [0.25, 0.3) is 0 Å². The summed E-state index contributed by atoms with van der Waals surface area (Å²) in [5.41, 5.74) is 2.07. The number of hydrogen-bond acceptors (Lipinski definition) is 3. The third kappa shape index (κ3) is 3.58. The molecule has 2 saturated heterocycles. The molecule has 1 N–H and O–H groups in total. The smallest absolute Gasteiger partial charge is 0.321 e. The monoisotopic (exact) mass is 350 g/mol. The first kappa shape index (κ1) is 17.0. The van der Waals surface area contributed by atoms with Crippen molar-refractivity contribution in [2.75, 3.05) is 25.0 Å². The maximum Gasteiger partial charge on any atom is 0.321 e. The summed E-state index contributed by atoms with van der Waals surface area (Å²) in [5, 5.41) is 3.04. The minimum atomic E-state index is 0.0139. The van der Waals surface area contributed by atoms with E-state index in [1.54, 1.807) is 0 Å². The van der Waals surface area contributed by atoms with Gasteiger partial charge in [0.15, 0.2) is 0 Å². The van der Waals surface area contributed by atoms with Crippen molar-refractivity contribution in [3.05, 3.63) is 60.4 Å². The van der Waals surface area contributed by atoms with Gasteiger partial charge in [-0.1, -0.05) is 24.3 Å². The Morgan fingerprint density at radius 3 is 2.58 bits per heavy atom. The van der Waals surface area contributed by atoms with Crippen molar-refractivity contribution in [1.82, 2.24) is 14.8 Å². The Morgan fingerprint density at radius 1 is 1.04 bits per heavy atom. The normalized spacial score (nSPS) is 23.3. The minimum Gasteiger partial charge on any atom is -0.323 e. The Balaban J connectivity index is 1.45. The van der Waals surface area contributed by atoms with Crippen LogP contribution >= 0.6 is 0 Å². The second-order valence-corrected chi connectivity index (χ2v) is 7.39. The lowest BCUT2D eigenvalue weighted by Crippen LogP contribution is -2.57. The maximum atomic E-state index is 12.8. The Bertz CT molecular complexity index is 736. The van der Waals surface area contributed by atoms with Crippen LogP contribution in [-0.2, 0) is 6.54 Å². The van der Waals surface area contributed by atoms with Crippen molar-refractivity contribution in [3.8, 4) is 0 Å². The lowest BCUT2D eigenvalue weighted by Gasteiger charge is -2.46. The number of likely N-dealkylation sites (tertiary alicyclic amines) is 2. The zero-order valence-corrected chi connectivity index (χ0v) is 15.1. The van der Waals surface area contributed by atoms with Gasteiger partial charge in [-0.2, -0.15) is 0 Å². The van der Waals surface area contributed by atoms with Gasteiger partial charge in [0, 0.05) is 37.1 Å². The number of urea groups is 1. The summed E-state index contributed by atoms with van der Waals surface area (Å²) in [6.07, 6.45) is 6.43. The second kappa shape index (κ2) is 7.46. The standard InChI is InChI=1S/C21H26N4O/c26-20(23-18-8-2-1-3-9-18)24-14-6-11-21(17-24)12-7-15-25(21)16-19-10-4-5-13-22-19/h1-5,8-10,13H,6-7,11-12,14-17H2,(H,23,26). The van der Waals surface area contributed by atoms with Crippen LogP contribution in [0.4, 0.5) is 10.5 Å². The molecule has 136 valence electrons. The summed E-state index contributed by atoms with van der Waals surface area (Å²) in [5.74, 6) is 0. The van der Waals surface area contributed by atoms with Gasteiger partial charge in [-0.05, 0) is 56.5 Å². The fourth-order valence-electron chi connectivity index (χ4n) is 4.40. The molecule has 2 aliphatic rings. The fourth-order valence-corrected chi connectivity index (χ4v) is 4.40. The number of benzene rings is 1. The van der Waals surface area contributed by atoms with Gasteiger partial charge in [0.2, 0.25) is 0 Å². The van der Waals surface area contributed by atoms with E-state index in [0.717, 1.165) is 56.8 Å². The number of aromatic nitrogens is 1. The van der Waals surface area contributed by atoms with Crippen LogP contribution in [0.3, 0.4) is 0 Å². The number of amides is 2. The molecular formula is C21H26N4O. The molecule has 1 spiro atoms. The van der Waals surface area contributed by atoms with Gasteiger partial charge in [-0.25, -0.2) is 4.79 Å². The molecule has 0 bridgehead atoms. The topological polar surface area (TPSA) is 48.5 Å².